The van der Waals surface area contributed by atoms with Crippen LogP contribution in [0.1, 0.15) is 31.4 Å². The Morgan fingerprint density at radius 2 is 1.70 bits per heavy atom. The van der Waals surface area contributed by atoms with E-state index in [2.05, 4.69) is 5.32 Å². The van der Waals surface area contributed by atoms with Crippen molar-refractivity contribution in [2.24, 2.45) is 0 Å². The van der Waals surface area contributed by atoms with Gasteiger partial charge in [-0.1, -0.05) is 55.5 Å². The Bertz CT molecular complexity index is 749. The van der Waals surface area contributed by atoms with E-state index in [-0.39, 0.29) is 18.2 Å². The Morgan fingerprint density at radius 3 is 2.33 bits per heavy atom. The lowest BCUT2D eigenvalue weighted by Gasteiger charge is -2.30. The summed E-state index contributed by atoms with van der Waals surface area (Å²) >= 11 is 0. The first-order valence-electron chi connectivity index (χ1n) is 9.41. The van der Waals surface area contributed by atoms with Crippen molar-refractivity contribution < 1.29 is 14.0 Å². The summed E-state index contributed by atoms with van der Waals surface area (Å²) in [6.45, 7) is 4.64. The van der Waals surface area contributed by atoms with E-state index in [4.69, 9.17) is 0 Å². The van der Waals surface area contributed by atoms with E-state index in [1.165, 1.54) is 6.07 Å². The Labute approximate surface area is 160 Å². The van der Waals surface area contributed by atoms with E-state index in [0.29, 0.717) is 31.5 Å². The minimum atomic E-state index is -0.562. The maximum atomic E-state index is 14.0. The highest BCUT2D eigenvalue weighted by Crippen LogP contribution is 2.14. The van der Waals surface area contributed by atoms with E-state index < -0.39 is 11.9 Å². The van der Waals surface area contributed by atoms with Crippen LogP contribution in [0.15, 0.2) is 54.6 Å². The molecule has 1 N–H and O–H groups in total. The van der Waals surface area contributed by atoms with Crippen LogP contribution in [0.4, 0.5) is 4.39 Å². The molecule has 1 atom stereocenters. The van der Waals surface area contributed by atoms with Crippen LogP contribution in [-0.4, -0.2) is 35.8 Å². The molecule has 1 unspecified atom stereocenters. The number of hydrogen-bond acceptors (Lipinski definition) is 2. The normalized spacial score (nSPS) is 11.7. The molecule has 0 saturated heterocycles. The average Bonchev–Trinajstić information content (AvgIpc) is 2.67. The van der Waals surface area contributed by atoms with Crippen molar-refractivity contribution in [3.63, 3.8) is 0 Å². The number of likely N-dealkylation sites (N-methyl/N-ethyl adjacent to an activating group) is 1. The second kappa shape index (κ2) is 10.5. The average molecular weight is 370 g/mol. The number of hydrogen-bond donors (Lipinski definition) is 1. The fourth-order valence-corrected chi connectivity index (χ4v) is 3.09. The first-order chi connectivity index (χ1) is 13.1. The maximum Gasteiger partial charge on any atom is 0.242 e. The van der Waals surface area contributed by atoms with Crippen LogP contribution < -0.4 is 5.32 Å². The van der Waals surface area contributed by atoms with Crippen molar-refractivity contribution in [3.8, 4) is 0 Å². The zero-order chi connectivity index (χ0) is 19.6. The fourth-order valence-electron chi connectivity index (χ4n) is 3.09. The third-order valence-corrected chi connectivity index (χ3v) is 4.52. The van der Waals surface area contributed by atoms with E-state index in [0.717, 1.165) is 5.56 Å². The summed E-state index contributed by atoms with van der Waals surface area (Å²) < 4.78 is 14.0. The van der Waals surface area contributed by atoms with Gasteiger partial charge >= 0.3 is 0 Å². The molecule has 0 radical (unpaired) electrons. The van der Waals surface area contributed by atoms with E-state index >= 15 is 0 Å². The molecule has 2 aromatic rings. The molecular weight excluding hydrogens is 343 g/mol. The number of carbonyl (C=O) groups is 2. The Hall–Kier alpha value is -2.69. The Balaban J connectivity index is 2.20. The summed E-state index contributed by atoms with van der Waals surface area (Å²) in [5.41, 5.74) is 1.44. The lowest BCUT2D eigenvalue weighted by molar-refractivity contribution is -0.140. The van der Waals surface area contributed by atoms with Gasteiger partial charge in [0.2, 0.25) is 11.8 Å². The molecule has 0 fully saturated rings. The molecule has 0 saturated carbocycles. The van der Waals surface area contributed by atoms with Gasteiger partial charge in [0.1, 0.15) is 11.9 Å². The van der Waals surface area contributed by atoms with E-state index in [1.807, 2.05) is 44.2 Å². The molecule has 0 spiro atoms. The minimum absolute atomic E-state index is 0.0582. The summed E-state index contributed by atoms with van der Waals surface area (Å²) in [6.07, 6.45) is 1.08. The van der Waals surface area contributed by atoms with Crippen molar-refractivity contribution in [1.29, 1.82) is 0 Å². The number of nitrogens with one attached hydrogen (secondary N) is 1. The van der Waals surface area contributed by atoms with Crippen LogP contribution in [0.2, 0.25) is 0 Å². The number of amides is 2. The number of carbonyl (C=O) groups excluding carboxylic acids is 2. The van der Waals surface area contributed by atoms with Gasteiger partial charge < -0.3 is 10.2 Å². The van der Waals surface area contributed by atoms with Crippen molar-refractivity contribution in [3.05, 3.63) is 71.5 Å². The molecule has 0 aliphatic rings. The monoisotopic (exact) mass is 370 g/mol. The van der Waals surface area contributed by atoms with Crippen molar-refractivity contribution in [1.82, 2.24) is 10.2 Å². The standard InChI is InChI=1S/C22H27FN2O2/c1-3-20(22(27)24-4-2)25(15-14-17-10-6-5-7-11-17)21(26)16-18-12-8-9-13-19(18)23/h5-13,20H,3-4,14-16H2,1-2H3,(H,24,27). The van der Waals surface area contributed by atoms with Crippen molar-refractivity contribution >= 4 is 11.8 Å². The first kappa shape index (κ1) is 20.6. The zero-order valence-corrected chi connectivity index (χ0v) is 16.0. The Kier molecular flexibility index (Phi) is 7.99. The third-order valence-electron chi connectivity index (χ3n) is 4.52. The summed E-state index contributed by atoms with van der Waals surface area (Å²) in [4.78, 5) is 27.0. The Morgan fingerprint density at radius 1 is 1.04 bits per heavy atom. The van der Waals surface area contributed by atoms with Gasteiger partial charge in [-0.3, -0.25) is 9.59 Å². The molecule has 2 aromatic carbocycles. The van der Waals surface area contributed by atoms with Gasteiger partial charge in [0.05, 0.1) is 6.42 Å². The van der Waals surface area contributed by atoms with Gasteiger partial charge in [0.25, 0.3) is 0 Å². The molecule has 0 aromatic heterocycles. The lowest BCUT2D eigenvalue weighted by Crippen LogP contribution is -2.50. The molecule has 4 nitrogen and oxygen atoms in total. The van der Waals surface area contributed by atoms with Gasteiger partial charge in [-0.25, -0.2) is 4.39 Å². The predicted molar refractivity (Wildman–Crippen MR) is 105 cm³/mol. The maximum absolute atomic E-state index is 14.0. The highest BCUT2D eigenvalue weighted by atomic mass is 19.1. The van der Waals surface area contributed by atoms with Crippen LogP contribution in [0.5, 0.6) is 0 Å². The number of halogens is 1. The van der Waals surface area contributed by atoms with Crippen molar-refractivity contribution in [2.45, 2.75) is 39.2 Å². The number of nitrogens with zero attached hydrogens (tertiary/aromatic N) is 1. The predicted octanol–water partition coefficient (Wildman–Crippen LogP) is 3.35. The van der Waals surface area contributed by atoms with Gasteiger partial charge in [0.15, 0.2) is 0 Å². The molecule has 27 heavy (non-hydrogen) atoms. The molecule has 0 aliphatic heterocycles. The van der Waals surface area contributed by atoms with Crippen LogP contribution in [0, 0.1) is 5.82 Å². The molecular formula is C22H27FN2O2. The zero-order valence-electron chi connectivity index (χ0n) is 16.0. The molecule has 144 valence electrons. The largest absolute Gasteiger partial charge is 0.355 e. The lowest BCUT2D eigenvalue weighted by atomic mass is 10.1. The molecule has 0 aliphatic carbocycles. The quantitative estimate of drug-likeness (QED) is 0.736. The minimum Gasteiger partial charge on any atom is -0.355 e. The molecule has 2 amide bonds. The van der Waals surface area contributed by atoms with Crippen LogP contribution in [-0.2, 0) is 22.4 Å². The summed E-state index contributed by atoms with van der Waals surface area (Å²) in [7, 11) is 0. The number of rotatable bonds is 9. The van der Waals surface area contributed by atoms with E-state index in [1.54, 1.807) is 23.1 Å². The first-order valence-corrected chi connectivity index (χ1v) is 9.41. The third kappa shape index (κ3) is 5.91. The topological polar surface area (TPSA) is 49.4 Å². The summed E-state index contributed by atoms with van der Waals surface area (Å²) in [5, 5.41) is 2.80. The van der Waals surface area contributed by atoms with Crippen LogP contribution in [0.3, 0.4) is 0 Å². The molecule has 0 heterocycles. The van der Waals surface area contributed by atoms with Gasteiger partial charge in [-0.15, -0.1) is 0 Å². The van der Waals surface area contributed by atoms with Gasteiger partial charge in [-0.2, -0.15) is 0 Å². The van der Waals surface area contributed by atoms with Crippen LogP contribution >= 0.6 is 0 Å². The smallest absolute Gasteiger partial charge is 0.242 e. The second-order valence-corrected chi connectivity index (χ2v) is 6.41. The highest BCUT2D eigenvalue weighted by molar-refractivity contribution is 5.88. The van der Waals surface area contributed by atoms with Gasteiger partial charge in [0, 0.05) is 13.1 Å². The summed E-state index contributed by atoms with van der Waals surface area (Å²) in [5.74, 6) is -0.816. The summed E-state index contributed by atoms with van der Waals surface area (Å²) in [6, 6.07) is 15.5. The number of benzene rings is 2. The van der Waals surface area contributed by atoms with Crippen LogP contribution in [0.25, 0.3) is 0 Å². The molecule has 5 heteroatoms. The van der Waals surface area contributed by atoms with Crippen molar-refractivity contribution in [2.75, 3.05) is 13.1 Å². The van der Waals surface area contributed by atoms with Gasteiger partial charge in [-0.05, 0) is 37.0 Å². The van der Waals surface area contributed by atoms with E-state index in [9.17, 15) is 14.0 Å². The molecule has 2 rings (SSSR count). The molecule has 0 bridgehead atoms. The highest BCUT2D eigenvalue weighted by Gasteiger charge is 2.28. The SMILES string of the molecule is CCNC(=O)C(CC)N(CCc1ccccc1)C(=O)Cc1ccccc1F. The second-order valence-electron chi connectivity index (χ2n) is 6.41. The fraction of sp³-hybridized carbons (Fsp3) is 0.364.